The van der Waals surface area contributed by atoms with E-state index in [-0.39, 0.29) is 12.2 Å². The van der Waals surface area contributed by atoms with E-state index in [1.807, 2.05) is 0 Å². The van der Waals surface area contributed by atoms with Crippen molar-refractivity contribution in [2.45, 2.75) is 38.4 Å². The second-order valence-corrected chi connectivity index (χ2v) is 4.76. The summed E-state index contributed by atoms with van der Waals surface area (Å²) in [5.74, 6) is 0. The Morgan fingerprint density at radius 3 is 2.24 bits per heavy atom. The van der Waals surface area contributed by atoms with E-state index in [1.165, 1.54) is 19.3 Å². The summed E-state index contributed by atoms with van der Waals surface area (Å²) in [7, 11) is 3.53. The maximum atomic E-state index is 5.42. The highest BCUT2D eigenvalue weighted by molar-refractivity contribution is 4.85. The predicted molar refractivity (Wildman–Crippen MR) is 70.4 cm³/mol. The molecular formula is C13H28N2O2. The van der Waals surface area contributed by atoms with E-state index in [0.717, 1.165) is 32.7 Å². The van der Waals surface area contributed by atoms with Gasteiger partial charge < -0.3 is 14.8 Å². The van der Waals surface area contributed by atoms with Crippen LogP contribution in [-0.2, 0) is 9.47 Å². The zero-order valence-corrected chi connectivity index (χ0v) is 11.6. The highest BCUT2D eigenvalue weighted by Crippen LogP contribution is 2.14. The minimum absolute atomic E-state index is 0.236. The van der Waals surface area contributed by atoms with Crippen LogP contribution < -0.4 is 5.32 Å². The topological polar surface area (TPSA) is 33.7 Å². The van der Waals surface area contributed by atoms with Crippen LogP contribution in [0.3, 0.4) is 0 Å². The SMILES string of the molecule is CCCCCNCCN1CC(OC)C(OC)C1. The van der Waals surface area contributed by atoms with Crippen LogP contribution in [0.2, 0.25) is 0 Å². The first-order valence-corrected chi connectivity index (χ1v) is 6.80. The normalized spacial score (nSPS) is 25.6. The van der Waals surface area contributed by atoms with Crippen LogP contribution in [0.25, 0.3) is 0 Å². The fraction of sp³-hybridized carbons (Fsp3) is 1.00. The van der Waals surface area contributed by atoms with E-state index in [9.17, 15) is 0 Å². The summed E-state index contributed by atoms with van der Waals surface area (Å²) >= 11 is 0. The molecule has 2 unspecified atom stereocenters. The zero-order chi connectivity index (χ0) is 12.5. The van der Waals surface area contributed by atoms with Crippen LogP contribution in [0.4, 0.5) is 0 Å². The van der Waals surface area contributed by atoms with Gasteiger partial charge in [0.25, 0.3) is 0 Å². The lowest BCUT2D eigenvalue weighted by molar-refractivity contribution is -0.00461. The molecule has 1 rings (SSSR count). The van der Waals surface area contributed by atoms with Crippen molar-refractivity contribution in [3.05, 3.63) is 0 Å². The molecular weight excluding hydrogens is 216 g/mol. The first-order valence-electron chi connectivity index (χ1n) is 6.80. The number of likely N-dealkylation sites (tertiary alicyclic amines) is 1. The lowest BCUT2D eigenvalue weighted by Gasteiger charge is -2.15. The number of methoxy groups -OCH3 is 2. The average molecular weight is 244 g/mol. The highest BCUT2D eigenvalue weighted by Gasteiger charge is 2.32. The van der Waals surface area contributed by atoms with Crippen LogP contribution in [-0.4, -0.2) is 64.1 Å². The van der Waals surface area contributed by atoms with Gasteiger partial charge >= 0.3 is 0 Å². The van der Waals surface area contributed by atoms with Gasteiger partial charge in [-0.2, -0.15) is 0 Å². The predicted octanol–water partition coefficient (Wildman–Crippen LogP) is 1.11. The van der Waals surface area contributed by atoms with Crippen LogP contribution in [0, 0.1) is 0 Å². The largest absolute Gasteiger partial charge is 0.377 e. The summed E-state index contributed by atoms with van der Waals surface area (Å²) in [4.78, 5) is 2.41. The molecule has 0 aliphatic carbocycles. The smallest absolute Gasteiger partial charge is 0.0971 e. The van der Waals surface area contributed by atoms with Gasteiger partial charge in [-0.3, -0.25) is 4.90 Å². The van der Waals surface area contributed by atoms with Crippen molar-refractivity contribution in [1.29, 1.82) is 0 Å². The van der Waals surface area contributed by atoms with Crippen LogP contribution in [0.1, 0.15) is 26.2 Å². The van der Waals surface area contributed by atoms with Gasteiger partial charge in [0.15, 0.2) is 0 Å². The van der Waals surface area contributed by atoms with E-state index < -0.39 is 0 Å². The Morgan fingerprint density at radius 2 is 1.71 bits per heavy atom. The van der Waals surface area contributed by atoms with Crippen molar-refractivity contribution in [1.82, 2.24) is 10.2 Å². The van der Waals surface area contributed by atoms with E-state index in [2.05, 4.69) is 17.1 Å². The fourth-order valence-electron chi connectivity index (χ4n) is 2.32. The number of unbranched alkanes of at least 4 members (excludes halogenated alkanes) is 2. The standard InChI is InChI=1S/C13H28N2O2/c1-4-5-6-7-14-8-9-15-10-12(16-2)13(11-15)17-3/h12-14H,4-11H2,1-3H3. The maximum absolute atomic E-state index is 5.42. The van der Waals surface area contributed by atoms with E-state index >= 15 is 0 Å². The van der Waals surface area contributed by atoms with E-state index in [1.54, 1.807) is 14.2 Å². The number of rotatable bonds is 9. The Kier molecular flexibility index (Phi) is 7.77. The number of hydrogen-bond donors (Lipinski definition) is 1. The minimum atomic E-state index is 0.236. The van der Waals surface area contributed by atoms with Crippen LogP contribution >= 0.6 is 0 Å². The Balaban J connectivity index is 2.04. The molecule has 4 heteroatoms. The molecule has 1 fully saturated rings. The summed E-state index contributed by atoms with van der Waals surface area (Å²) in [6, 6.07) is 0. The Hall–Kier alpha value is -0.160. The molecule has 0 amide bonds. The highest BCUT2D eigenvalue weighted by atomic mass is 16.5. The summed E-state index contributed by atoms with van der Waals surface area (Å²) < 4.78 is 10.8. The fourth-order valence-corrected chi connectivity index (χ4v) is 2.32. The van der Waals surface area contributed by atoms with Crippen molar-refractivity contribution in [2.24, 2.45) is 0 Å². The van der Waals surface area contributed by atoms with Crippen molar-refractivity contribution in [3.8, 4) is 0 Å². The molecule has 1 aliphatic heterocycles. The third-order valence-electron chi connectivity index (χ3n) is 3.46. The van der Waals surface area contributed by atoms with Gasteiger partial charge in [-0.1, -0.05) is 19.8 Å². The molecule has 1 aliphatic rings. The molecule has 1 saturated heterocycles. The number of hydrogen-bond acceptors (Lipinski definition) is 4. The molecule has 0 bridgehead atoms. The molecule has 0 aromatic rings. The van der Waals surface area contributed by atoms with Crippen LogP contribution in [0.15, 0.2) is 0 Å². The van der Waals surface area contributed by atoms with E-state index in [4.69, 9.17) is 9.47 Å². The maximum Gasteiger partial charge on any atom is 0.0971 e. The Labute approximate surface area is 106 Å². The quantitative estimate of drug-likeness (QED) is 0.616. The molecule has 0 radical (unpaired) electrons. The van der Waals surface area contributed by atoms with Crippen LogP contribution in [0.5, 0.6) is 0 Å². The first-order chi connectivity index (χ1) is 8.31. The van der Waals surface area contributed by atoms with Crippen molar-refractivity contribution < 1.29 is 9.47 Å². The molecule has 17 heavy (non-hydrogen) atoms. The third-order valence-corrected chi connectivity index (χ3v) is 3.46. The number of nitrogens with zero attached hydrogens (tertiary/aromatic N) is 1. The van der Waals surface area contributed by atoms with Gasteiger partial charge in [0.1, 0.15) is 0 Å². The number of nitrogens with one attached hydrogen (secondary N) is 1. The van der Waals surface area contributed by atoms with Gasteiger partial charge in [-0.25, -0.2) is 0 Å². The summed E-state index contributed by atoms with van der Waals surface area (Å²) in [6.45, 7) is 7.52. The summed E-state index contributed by atoms with van der Waals surface area (Å²) in [5, 5.41) is 3.49. The Bertz CT molecular complexity index is 178. The Morgan fingerprint density at radius 1 is 1.06 bits per heavy atom. The van der Waals surface area contributed by atoms with Gasteiger partial charge in [0.05, 0.1) is 12.2 Å². The zero-order valence-electron chi connectivity index (χ0n) is 11.6. The van der Waals surface area contributed by atoms with Gasteiger partial charge in [0.2, 0.25) is 0 Å². The molecule has 0 aromatic carbocycles. The summed E-state index contributed by atoms with van der Waals surface area (Å²) in [5.41, 5.74) is 0. The molecule has 0 aromatic heterocycles. The molecule has 1 heterocycles. The third kappa shape index (κ3) is 5.34. The van der Waals surface area contributed by atoms with Gasteiger partial charge in [-0.05, 0) is 13.0 Å². The second-order valence-electron chi connectivity index (χ2n) is 4.76. The number of ether oxygens (including phenoxy) is 2. The molecule has 0 spiro atoms. The van der Waals surface area contributed by atoms with Crippen molar-refractivity contribution in [3.63, 3.8) is 0 Å². The molecule has 4 nitrogen and oxygen atoms in total. The molecule has 1 N–H and O–H groups in total. The van der Waals surface area contributed by atoms with Crippen molar-refractivity contribution in [2.75, 3.05) is 46.9 Å². The second kappa shape index (κ2) is 8.86. The minimum Gasteiger partial charge on any atom is -0.377 e. The molecule has 102 valence electrons. The van der Waals surface area contributed by atoms with Crippen molar-refractivity contribution >= 4 is 0 Å². The molecule has 0 saturated carbocycles. The monoisotopic (exact) mass is 244 g/mol. The lowest BCUT2D eigenvalue weighted by atomic mass is 10.2. The lowest BCUT2D eigenvalue weighted by Crippen LogP contribution is -2.31. The van der Waals surface area contributed by atoms with Gasteiger partial charge in [-0.15, -0.1) is 0 Å². The molecule has 2 atom stereocenters. The van der Waals surface area contributed by atoms with E-state index in [0.29, 0.717) is 0 Å². The average Bonchev–Trinajstić information content (AvgIpc) is 2.76. The van der Waals surface area contributed by atoms with Gasteiger partial charge in [0, 0.05) is 40.4 Å². The summed E-state index contributed by atoms with van der Waals surface area (Å²) in [6.07, 6.45) is 4.38. The first kappa shape index (κ1) is 14.9.